The molecule has 1 atom stereocenters. The minimum Gasteiger partial charge on any atom is -0.300 e. The molecule has 0 bridgehead atoms. The Balaban J connectivity index is 2.42. The van der Waals surface area contributed by atoms with Crippen LogP contribution >= 0.6 is 0 Å². The summed E-state index contributed by atoms with van der Waals surface area (Å²) in [5, 5.41) is 12.2. The Hall–Kier alpha value is -2.31. The number of Topliss-reactive ketones (excluding diaryl/α,β-unsaturated/α-hetero) is 1. The Morgan fingerprint density at radius 3 is 2.70 bits per heavy atom. The van der Waals surface area contributed by atoms with E-state index >= 15 is 0 Å². The van der Waals surface area contributed by atoms with Crippen LogP contribution < -0.4 is 0 Å². The first-order chi connectivity index (χ1) is 9.77. The van der Waals surface area contributed by atoms with Crippen LogP contribution in [0.1, 0.15) is 50.1 Å². The zero-order valence-electron chi connectivity index (χ0n) is 11.4. The highest BCUT2D eigenvalue weighted by Crippen LogP contribution is 2.23. The lowest BCUT2D eigenvalue weighted by Crippen LogP contribution is -2.02. The Morgan fingerprint density at radius 1 is 1.30 bits per heavy atom. The molecule has 1 aromatic rings. The van der Waals surface area contributed by atoms with E-state index in [2.05, 4.69) is 16.1 Å². The molecule has 1 aromatic carbocycles. The molecule has 5 heteroatoms. The minimum absolute atomic E-state index is 0.164. The van der Waals surface area contributed by atoms with E-state index < -0.39 is 0 Å². The van der Waals surface area contributed by atoms with Crippen molar-refractivity contribution >= 4 is 5.78 Å². The molecule has 0 fully saturated rings. The SMILES string of the molecule is N#CCCCCC(=O)CCC(N=[N+]=[N-])c1ccccc1. The van der Waals surface area contributed by atoms with Crippen molar-refractivity contribution in [3.05, 3.63) is 46.3 Å². The Labute approximate surface area is 118 Å². The highest BCUT2D eigenvalue weighted by atomic mass is 16.1. The first-order valence-corrected chi connectivity index (χ1v) is 6.75. The summed E-state index contributed by atoms with van der Waals surface area (Å²) in [4.78, 5) is 14.6. The van der Waals surface area contributed by atoms with E-state index in [-0.39, 0.29) is 11.8 Å². The monoisotopic (exact) mass is 270 g/mol. The van der Waals surface area contributed by atoms with Crippen molar-refractivity contribution in [3.63, 3.8) is 0 Å². The molecule has 0 radical (unpaired) electrons. The van der Waals surface area contributed by atoms with Crippen LogP contribution in [0, 0.1) is 11.3 Å². The van der Waals surface area contributed by atoms with Crippen LogP contribution in [0.5, 0.6) is 0 Å². The smallest absolute Gasteiger partial charge is 0.132 e. The normalized spacial score (nSPS) is 11.2. The molecule has 0 saturated carbocycles. The van der Waals surface area contributed by atoms with Gasteiger partial charge in [-0.25, -0.2) is 0 Å². The van der Waals surface area contributed by atoms with Gasteiger partial charge in [-0.1, -0.05) is 35.4 Å². The molecular formula is C15H18N4O. The van der Waals surface area contributed by atoms with Gasteiger partial charge in [0.2, 0.25) is 0 Å². The topological polar surface area (TPSA) is 89.6 Å². The largest absolute Gasteiger partial charge is 0.300 e. The lowest BCUT2D eigenvalue weighted by atomic mass is 9.99. The summed E-state index contributed by atoms with van der Waals surface area (Å²) < 4.78 is 0. The number of ketones is 1. The van der Waals surface area contributed by atoms with Gasteiger partial charge in [-0.3, -0.25) is 4.79 Å². The average Bonchev–Trinajstić information content (AvgIpc) is 2.49. The van der Waals surface area contributed by atoms with Gasteiger partial charge in [-0.05, 0) is 30.4 Å². The molecule has 0 spiro atoms. The molecule has 0 aliphatic carbocycles. The molecule has 0 saturated heterocycles. The first-order valence-electron chi connectivity index (χ1n) is 6.75. The lowest BCUT2D eigenvalue weighted by molar-refractivity contribution is -0.119. The third-order valence-corrected chi connectivity index (χ3v) is 3.07. The Morgan fingerprint density at radius 2 is 2.05 bits per heavy atom. The zero-order chi connectivity index (χ0) is 14.6. The summed E-state index contributed by atoms with van der Waals surface area (Å²) in [5.74, 6) is 0.164. The molecule has 0 aromatic heterocycles. The van der Waals surface area contributed by atoms with E-state index in [1.165, 1.54) is 0 Å². The average molecular weight is 270 g/mol. The molecule has 5 nitrogen and oxygen atoms in total. The van der Waals surface area contributed by atoms with E-state index in [1.54, 1.807) is 0 Å². The second kappa shape index (κ2) is 9.60. The molecule has 0 aliphatic heterocycles. The number of hydrogen-bond acceptors (Lipinski definition) is 3. The molecule has 0 heterocycles. The minimum atomic E-state index is -0.288. The Bertz CT molecular complexity index is 500. The van der Waals surface area contributed by atoms with E-state index in [1.807, 2.05) is 30.3 Å². The fourth-order valence-electron chi connectivity index (χ4n) is 1.98. The van der Waals surface area contributed by atoms with E-state index in [0.29, 0.717) is 25.7 Å². The number of carbonyl (C=O) groups is 1. The van der Waals surface area contributed by atoms with Gasteiger partial charge in [0.25, 0.3) is 0 Å². The van der Waals surface area contributed by atoms with Crippen molar-refractivity contribution in [2.24, 2.45) is 5.11 Å². The van der Waals surface area contributed by atoms with Crippen LogP contribution in [0.15, 0.2) is 35.4 Å². The van der Waals surface area contributed by atoms with Crippen molar-refractivity contribution in [1.82, 2.24) is 0 Å². The number of nitriles is 1. The molecule has 1 rings (SSSR count). The van der Waals surface area contributed by atoms with Crippen LogP contribution in [0.4, 0.5) is 0 Å². The van der Waals surface area contributed by atoms with Gasteiger partial charge in [-0.2, -0.15) is 5.26 Å². The molecule has 1 unspecified atom stereocenters. The summed E-state index contributed by atoms with van der Waals surface area (Å²) in [6.45, 7) is 0. The molecule has 0 amide bonds. The van der Waals surface area contributed by atoms with Gasteiger partial charge in [0.15, 0.2) is 0 Å². The third-order valence-electron chi connectivity index (χ3n) is 3.07. The maximum atomic E-state index is 11.7. The Kier molecular flexibility index (Phi) is 7.56. The number of hydrogen-bond donors (Lipinski definition) is 0. The molecule has 104 valence electrons. The summed E-state index contributed by atoms with van der Waals surface area (Å²) in [5.41, 5.74) is 9.54. The lowest BCUT2D eigenvalue weighted by Gasteiger charge is -2.10. The van der Waals surface area contributed by atoms with Gasteiger partial charge in [-0.15, -0.1) is 0 Å². The summed E-state index contributed by atoms with van der Waals surface area (Å²) in [7, 11) is 0. The first kappa shape index (κ1) is 15.7. The number of carbonyl (C=O) groups excluding carboxylic acids is 1. The number of azide groups is 1. The van der Waals surface area contributed by atoms with Crippen LogP contribution in [-0.2, 0) is 4.79 Å². The van der Waals surface area contributed by atoms with E-state index in [9.17, 15) is 4.79 Å². The van der Waals surface area contributed by atoms with Crippen molar-refractivity contribution in [1.29, 1.82) is 5.26 Å². The van der Waals surface area contributed by atoms with Gasteiger partial charge in [0, 0.05) is 24.2 Å². The van der Waals surface area contributed by atoms with Gasteiger partial charge in [0.1, 0.15) is 5.78 Å². The summed E-state index contributed by atoms with van der Waals surface area (Å²) >= 11 is 0. The standard InChI is InChI=1S/C15H18N4O/c16-12-6-2-5-9-14(20)10-11-15(18-19-17)13-7-3-1-4-8-13/h1,3-4,7-8,15H,2,5-6,9-11H2. The number of rotatable bonds is 9. The predicted molar refractivity (Wildman–Crippen MR) is 76.7 cm³/mol. The highest BCUT2D eigenvalue weighted by molar-refractivity contribution is 5.78. The van der Waals surface area contributed by atoms with Gasteiger partial charge < -0.3 is 0 Å². The van der Waals surface area contributed by atoms with Crippen molar-refractivity contribution in [3.8, 4) is 6.07 Å². The highest BCUT2D eigenvalue weighted by Gasteiger charge is 2.11. The number of unbranched alkanes of at least 4 members (excludes halogenated alkanes) is 2. The van der Waals surface area contributed by atoms with Gasteiger partial charge >= 0.3 is 0 Å². The van der Waals surface area contributed by atoms with Crippen molar-refractivity contribution in [2.45, 2.75) is 44.6 Å². The van der Waals surface area contributed by atoms with Gasteiger partial charge in [0.05, 0.1) is 12.1 Å². The second-order valence-corrected chi connectivity index (χ2v) is 4.57. The fraction of sp³-hybridized carbons (Fsp3) is 0.467. The maximum Gasteiger partial charge on any atom is 0.132 e. The van der Waals surface area contributed by atoms with E-state index in [0.717, 1.165) is 18.4 Å². The zero-order valence-corrected chi connectivity index (χ0v) is 11.4. The number of nitrogens with zero attached hydrogens (tertiary/aromatic N) is 4. The van der Waals surface area contributed by atoms with Crippen molar-refractivity contribution < 1.29 is 4.79 Å². The molecule has 0 N–H and O–H groups in total. The number of benzene rings is 1. The summed E-state index contributed by atoms with van der Waals surface area (Å²) in [6, 6.07) is 11.3. The quantitative estimate of drug-likeness (QED) is 0.286. The second-order valence-electron chi connectivity index (χ2n) is 4.57. The maximum absolute atomic E-state index is 11.7. The van der Waals surface area contributed by atoms with Crippen LogP contribution in [0.25, 0.3) is 10.4 Å². The van der Waals surface area contributed by atoms with E-state index in [4.69, 9.17) is 10.8 Å². The van der Waals surface area contributed by atoms with Crippen LogP contribution in [0.2, 0.25) is 0 Å². The fourth-order valence-corrected chi connectivity index (χ4v) is 1.98. The van der Waals surface area contributed by atoms with Crippen molar-refractivity contribution in [2.75, 3.05) is 0 Å². The van der Waals surface area contributed by atoms with Crippen LogP contribution in [0.3, 0.4) is 0 Å². The third kappa shape index (κ3) is 6.03. The molecular weight excluding hydrogens is 252 g/mol. The molecule has 20 heavy (non-hydrogen) atoms. The molecule has 0 aliphatic rings. The van der Waals surface area contributed by atoms with Crippen LogP contribution in [-0.4, -0.2) is 5.78 Å². The predicted octanol–water partition coefficient (Wildman–Crippen LogP) is 4.47. The summed E-state index contributed by atoms with van der Waals surface area (Å²) in [6.07, 6.45) is 3.46.